The minimum atomic E-state index is -0.839. The lowest BCUT2D eigenvalue weighted by Gasteiger charge is -2.69. The van der Waals surface area contributed by atoms with Gasteiger partial charge in [-0.2, -0.15) is 0 Å². The van der Waals surface area contributed by atoms with Crippen molar-refractivity contribution >= 4 is 0 Å². The first-order chi connectivity index (χ1) is 7.81. The van der Waals surface area contributed by atoms with Gasteiger partial charge in [-0.3, -0.25) is 0 Å². The summed E-state index contributed by atoms with van der Waals surface area (Å²) >= 11 is 0. The first-order valence-corrected chi connectivity index (χ1v) is 7.22. The second-order valence-corrected chi connectivity index (χ2v) is 7.50. The molecule has 2 aliphatic heterocycles. The summed E-state index contributed by atoms with van der Waals surface area (Å²) in [5, 5.41) is 10.9. The van der Waals surface area contributed by atoms with E-state index < -0.39 is 5.79 Å². The molecule has 2 heteroatoms. The molecule has 2 unspecified atom stereocenters. The largest absolute Gasteiger partial charge is 0.365 e. The van der Waals surface area contributed by atoms with Crippen LogP contribution >= 0.6 is 0 Å². The predicted molar refractivity (Wildman–Crippen MR) is 67.4 cm³/mol. The van der Waals surface area contributed by atoms with Gasteiger partial charge in [-0.1, -0.05) is 27.7 Å². The molecule has 98 valence electrons. The fraction of sp³-hybridized carbons (Fsp3) is 1.00. The maximum absolute atomic E-state index is 10.9. The predicted octanol–water partition coefficient (Wildman–Crippen LogP) is 3.34. The van der Waals surface area contributed by atoms with Crippen molar-refractivity contribution in [2.75, 3.05) is 0 Å². The molecule has 1 N–H and O–H groups in total. The second-order valence-electron chi connectivity index (χ2n) is 7.50. The van der Waals surface area contributed by atoms with Crippen LogP contribution in [0, 0.1) is 22.7 Å². The molecule has 2 heterocycles. The molecule has 2 saturated heterocycles. The smallest absolute Gasteiger partial charge is 0.171 e. The molecule has 4 aliphatic rings. The summed E-state index contributed by atoms with van der Waals surface area (Å²) in [6.07, 6.45) is 5.78. The monoisotopic (exact) mass is 238 g/mol. The van der Waals surface area contributed by atoms with Crippen LogP contribution in [-0.4, -0.2) is 17.0 Å². The van der Waals surface area contributed by atoms with Gasteiger partial charge >= 0.3 is 0 Å². The lowest BCUT2D eigenvalue weighted by Crippen LogP contribution is -2.71. The maximum atomic E-state index is 10.9. The van der Waals surface area contributed by atoms with E-state index in [-0.39, 0.29) is 16.9 Å². The van der Waals surface area contributed by atoms with Crippen molar-refractivity contribution in [3.8, 4) is 0 Å². The normalized spacial score (nSPS) is 57.5. The lowest BCUT2D eigenvalue weighted by molar-refractivity contribution is -0.409. The Morgan fingerprint density at radius 1 is 1.18 bits per heavy atom. The number of ether oxygens (including phenoxy) is 1. The van der Waals surface area contributed by atoms with Crippen LogP contribution in [0.4, 0.5) is 0 Å². The van der Waals surface area contributed by atoms with Gasteiger partial charge in [0.2, 0.25) is 0 Å². The zero-order chi connectivity index (χ0) is 12.5. The molecule has 0 radical (unpaired) electrons. The molecule has 4 fully saturated rings. The molecule has 4 rings (SSSR count). The van der Waals surface area contributed by atoms with Gasteiger partial charge in [-0.05, 0) is 42.9 Å². The topological polar surface area (TPSA) is 29.5 Å². The van der Waals surface area contributed by atoms with Gasteiger partial charge in [0.1, 0.15) is 0 Å². The van der Waals surface area contributed by atoms with E-state index >= 15 is 0 Å². The first-order valence-electron chi connectivity index (χ1n) is 7.22. The summed E-state index contributed by atoms with van der Waals surface area (Å²) in [6, 6.07) is 0. The molecule has 2 aliphatic carbocycles. The Morgan fingerprint density at radius 2 is 1.88 bits per heavy atom. The van der Waals surface area contributed by atoms with Crippen LogP contribution in [-0.2, 0) is 4.74 Å². The zero-order valence-corrected chi connectivity index (χ0v) is 11.6. The fourth-order valence-corrected chi connectivity index (χ4v) is 4.91. The number of aliphatic hydroxyl groups is 1. The Hall–Kier alpha value is -0.0800. The summed E-state index contributed by atoms with van der Waals surface area (Å²) in [7, 11) is 0. The van der Waals surface area contributed by atoms with Crippen LogP contribution in [0.2, 0.25) is 0 Å². The molecular formula is C15H26O2. The minimum absolute atomic E-state index is 0.0397. The van der Waals surface area contributed by atoms with E-state index in [4.69, 9.17) is 4.74 Å². The van der Waals surface area contributed by atoms with Crippen molar-refractivity contribution in [1.82, 2.24) is 0 Å². The number of hydrogen-bond donors (Lipinski definition) is 1. The first kappa shape index (κ1) is 12.0. The van der Waals surface area contributed by atoms with E-state index in [0.29, 0.717) is 11.8 Å². The molecule has 0 aromatic carbocycles. The molecular weight excluding hydrogens is 212 g/mol. The van der Waals surface area contributed by atoms with E-state index in [1.54, 1.807) is 0 Å². The molecule has 4 bridgehead atoms. The van der Waals surface area contributed by atoms with E-state index in [9.17, 15) is 5.11 Å². The highest BCUT2D eigenvalue weighted by atomic mass is 16.6. The van der Waals surface area contributed by atoms with Crippen LogP contribution in [0.3, 0.4) is 0 Å². The van der Waals surface area contributed by atoms with E-state index in [0.717, 1.165) is 25.7 Å². The SMILES string of the molecule is CC(C)C1C[C@]2(C)[C@@]3(C)CCC[C@@]2(O)OC1C3. The van der Waals surface area contributed by atoms with Crippen molar-refractivity contribution in [2.45, 2.75) is 71.7 Å². The van der Waals surface area contributed by atoms with Gasteiger partial charge in [0.05, 0.1) is 6.10 Å². The van der Waals surface area contributed by atoms with Crippen molar-refractivity contribution in [3.05, 3.63) is 0 Å². The summed E-state index contributed by atoms with van der Waals surface area (Å²) in [4.78, 5) is 0. The average molecular weight is 238 g/mol. The highest BCUT2D eigenvalue weighted by molar-refractivity contribution is 5.14. The van der Waals surface area contributed by atoms with Crippen LogP contribution in [0.15, 0.2) is 0 Å². The lowest BCUT2D eigenvalue weighted by atomic mass is 9.44. The number of fused-ring (bicyclic) bond motifs is 1. The molecule has 0 spiro atoms. The summed E-state index contributed by atoms with van der Waals surface area (Å²) in [5.41, 5.74) is 0.246. The van der Waals surface area contributed by atoms with Crippen molar-refractivity contribution < 1.29 is 9.84 Å². The Balaban J connectivity index is 2.02. The Morgan fingerprint density at radius 3 is 2.47 bits per heavy atom. The van der Waals surface area contributed by atoms with Gasteiger partial charge in [-0.25, -0.2) is 0 Å². The zero-order valence-electron chi connectivity index (χ0n) is 11.6. The quantitative estimate of drug-likeness (QED) is 0.759. The molecule has 0 aromatic heterocycles. The average Bonchev–Trinajstić information content (AvgIpc) is 2.18. The van der Waals surface area contributed by atoms with Crippen LogP contribution in [0.25, 0.3) is 0 Å². The molecule has 2 nitrogen and oxygen atoms in total. The van der Waals surface area contributed by atoms with Crippen LogP contribution < -0.4 is 0 Å². The van der Waals surface area contributed by atoms with Crippen molar-refractivity contribution in [2.24, 2.45) is 22.7 Å². The summed E-state index contributed by atoms with van der Waals surface area (Å²) in [5.74, 6) is 0.452. The number of rotatable bonds is 1. The molecule has 0 aromatic rings. The Labute approximate surface area is 105 Å². The third-order valence-electron chi connectivity index (χ3n) is 6.41. The standard InChI is InChI=1S/C15H26O2/c1-10(2)11-8-14(4)13(3)6-5-7-15(14,16)17-12(11)9-13/h10-12,16H,5-9H2,1-4H3/t11?,12?,13-,14+,15+/m0/s1. The third-order valence-corrected chi connectivity index (χ3v) is 6.41. The van der Waals surface area contributed by atoms with Crippen molar-refractivity contribution in [1.29, 1.82) is 0 Å². The van der Waals surface area contributed by atoms with Gasteiger partial charge in [-0.15, -0.1) is 0 Å². The Kier molecular flexibility index (Phi) is 2.30. The van der Waals surface area contributed by atoms with Gasteiger partial charge in [0.15, 0.2) is 5.79 Å². The van der Waals surface area contributed by atoms with E-state index in [2.05, 4.69) is 27.7 Å². The maximum Gasteiger partial charge on any atom is 0.171 e. The summed E-state index contributed by atoms with van der Waals surface area (Å²) < 4.78 is 6.14. The van der Waals surface area contributed by atoms with E-state index in [1.165, 1.54) is 6.42 Å². The van der Waals surface area contributed by atoms with Crippen LogP contribution in [0.1, 0.15) is 59.8 Å². The third kappa shape index (κ3) is 1.29. The minimum Gasteiger partial charge on any atom is -0.365 e. The van der Waals surface area contributed by atoms with Gasteiger partial charge < -0.3 is 9.84 Å². The molecule has 5 atom stereocenters. The molecule has 0 amide bonds. The Bertz CT molecular complexity index is 318. The second kappa shape index (κ2) is 3.27. The summed E-state index contributed by atoms with van der Waals surface area (Å²) in [6.45, 7) is 9.24. The van der Waals surface area contributed by atoms with Crippen molar-refractivity contribution in [3.63, 3.8) is 0 Å². The highest BCUT2D eigenvalue weighted by Gasteiger charge is 2.69. The van der Waals surface area contributed by atoms with Gasteiger partial charge in [0, 0.05) is 11.8 Å². The van der Waals surface area contributed by atoms with Gasteiger partial charge in [0.25, 0.3) is 0 Å². The highest BCUT2D eigenvalue weighted by Crippen LogP contribution is 2.69. The molecule has 2 saturated carbocycles. The van der Waals surface area contributed by atoms with E-state index in [1.807, 2.05) is 0 Å². The molecule has 17 heavy (non-hydrogen) atoms. The fourth-order valence-electron chi connectivity index (χ4n) is 4.91. The van der Waals surface area contributed by atoms with Crippen LogP contribution in [0.5, 0.6) is 0 Å². The number of hydrogen-bond acceptors (Lipinski definition) is 2.